The van der Waals surface area contributed by atoms with E-state index in [2.05, 4.69) is 29.6 Å². The zero-order chi connectivity index (χ0) is 25.2. The Morgan fingerprint density at radius 3 is 2.17 bits per heavy atom. The largest absolute Gasteiger partial charge is 0.481 e. The summed E-state index contributed by atoms with van der Waals surface area (Å²) >= 11 is 0. The van der Waals surface area contributed by atoms with E-state index in [0.29, 0.717) is 19.4 Å². The zero-order valence-electron chi connectivity index (χ0n) is 20.5. The molecule has 2 aromatic carbocycles. The van der Waals surface area contributed by atoms with Crippen LogP contribution < -0.4 is 5.32 Å². The van der Waals surface area contributed by atoms with Crippen LogP contribution in [0.4, 0.5) is 4.79 Å². The third-order valence-electron chi connectivity index (χ3n) is 7.23. The van der Waals surface area contributed by atoms with Gasteiger partial charge in [0.1, 0.15) is 18.1 Å². The summed E-state index contributed by atoms with van der Waals surface area (Å²) in [5.41, 5.74) is 3.63. The number of ether oxygens (including phenoxy) is 1. The number of benzene rings is 2. The average molecular weight is 480 g/mol. The molecule has 8 nitrogen and oxygen atoms in total. The van der Waals surface area contributed by atoms with Crippen molar-refractivity contribution in [3.8, 4) is 11.1 Å². The zero-order valence-corrected chi connectivity index (χ0v) is 20.5. The lowest BCUT2D eigenvalue weighted by atomic mass is 9.77. The molecule has 1 atom stereocenters. The topological polar surface area (TPSA) is 99.2 Å². The first-order chi connectivity index (χ1) is 16.8. The van der Waals surface area contributed by atoms with Crippen LogP contribution in [0.15, 0.2) is 48.5 Å². The van der Waals surface area contributed by atoms with Crippen LogP contribution in [-0.2, 0) is 14.3 Å². The number of carbonyl (C=O) groups excluding carboxylic acids is 2. The summed E-state index contributed by atoms with van der Waals surface area (Å²) in [6.45, 7) is 2.88. The number of carbonyl (C=O) groups is 3. The molecule has 1 heterocycles. The van der Waals surface area contributed by atoms with Crippen molar-refractivity contribution >= 4 is 18.0 Å². The van der Waals surface area contributed by atoms with E-state index in [1.807, 2.05) is 50.2 Å². The predicted molar refractivity (Wildman–Crippen MR) is 132 cm³/mol. The molecular weight excluding hydrogens is 446 g/mol. The van der Waals surface area contributed by atoms with Crippen LogP contribution in [0.5, 0.6) is 0 Å². The molecule has 2 aromatic rings. The second-order valence-electron chi connectivity index (χ2n) is 9.75. The molecule has 1 fully saturated rings. The smallest absolute Gasteiger partial charge is 0.407 e. The molecule has 1 aliphatic carbocycles. The van der Waals surface area contributed by atoms with Crippen LogP contribution in [0.2, 0.25) is 0 Å². The van der Waals surface area contributed by atoms with Gasteiger partial charge >= 0.3 is 12.1 Å². The van der Waals surface area contributed by atoms with E-state index < -0.39 is 23.5 Å². The third-order valence-corrected chi connectivity index (χ3v) is 7.23. The Morgan fingerprint density at radius 1 is 1.09 bits per heavy atom. The fourth-order valence-corrected chi connectivity index (χ4v) is 5.00. The van der Waals surface area contributed by atoms with Gasteiger partial charge in [0.15, 0.2) is 0 Å². The summed E-state index contributed by atoms with van der Waals surface area (Å²) in [4.78, 5) is 41.0. The number of aliphatic carboxylic acids is 1. The Balaban J connectivity index is 1.41. The third kappa shape index (κ3) is 4.89. The Kier molecular flexibility index (Phi) is 7.12. The lowest BCUT2D eigenvalue weighted by Crippen LogP contribution is -2.65. The molecule has 2 aliphatic rings. The van der Waals surface area contributed by atoms with Crippen molar-refractivity contribution in [1.29, 1.82) is 0 Å². The minimum absolute atomic E-state index is 0.0693. The van der Waals surface area contributed by atoms with Gasteiger partial charge in [0.2, 0.25) is 5.91 Å². The maximum Gasteiger partial charge on any atom is 0.407 e. The number of fused-ring (bicyclic) bond motifs is 3. The van der Waals surface area contributed by atoms with Gasteiger partial charge < -0.3 is 25.0 Å². The second kappa shape index (κ2) is 10.1. The molecule has 0 bridgehead atoms. The number of nitrogens with zero attached hydrogens (tertiary/aromatic N) is 2. The molecule has 0 aromatic heterocycles. The number of alkyl carbamates (subject to hydrolysis) is 1. The van der Waals surface area contributed by atoms with Crippen LogP contribution in [0, 0.1) is 5.41 Å². The Hall–Kier alpha value is -3.39. The summed E-state index contributed by atoms with van der Waals surface area (Å²) in [7, 11) is 3.79. The Morgan fingerprint density at radius 2 is 1.66 bits per heavy atom. The molecule has 2 amide bonds. The maximum absolute atomic E-state index is 13.1. The van der Waals surface area contributed by atoms with Crippen molar-refractivity contribution in [2.24, 2.45) is 5.41 Å². The number of amides is 2. The summed E-state index contributed by atoms with van der Waals surface area (Å²) in [5, 5.41) is 12.3. The van der Waals surface area contributed by atoms with E-state index in [4.69, 9.17) is 4.74 Å². The monoisotopic (exact) mass is 479 g/mol. The van der Waals surface area contributed by atoms with Crippen LogP contribution in [-0.4, -0.2) is 79.3 Å². The molecule has 8 heteroatoms. The van der Waals surface area contributed by atoms with E-state index in [1.54, 1.807) is 0 Å². The molecule has 1 aliphatic heterocycles. The molecular formula is C27H33N3O5. The number of nitrogens with one attached hydrogen (secondary N) is 1. The minimum Gasteiger partial charge on any atom is -0.481 e. The number of likely N-dealkylation sites (tertiary alicyclic amines) is 1. The van der Waals surface area contributed by atoms with Gasteiger partial charge in [0, 0.05) is 19.0 Å². The van der Waals surface area contributed by atoms with Crippen molar-refractivity contribution in [3.63, 3.8) is 0 Å². The minimum atomic E-state index is -0.897. The van der Waals surface area contributed by atoms with E-state index in [1.165, 1.54) is 4.90 Å². The Labute approximate surface area is 205 Å². The van der Waals surface area contributed by atoms with Gasteiger partial charge in [0.25, 0.3) is 0 Å². The first-order valence-electron chi connectivity index (χ1n) is 12.0. The van der Waals surface area contributed by atoms with Crippen molar-refractivity contribution in [1.82, 2.24) is 15.1 Å². The van der Waals surface area contributed by atoms with Crippen molar-refractivity contribution in [2.75, 3.05) is 40.3 Å². The quantitative estimate of drug-likeness (QED) is 0.573. The number of hydrogen-bond donors (Lipinski definition) is 2. The molecule has 0 spiro atoms. The molecule has 35 heavy (non-hydrogen) atoms. The van der Waals surface area contributed by atoms with Crippen LogP contribution in [0.25, 0.3) is 11.1 Å². The number of hydrogen-bond acceptors (Lipinski definition) is 5. The standard InChI is InChI=1S/C27H33N3O5/c1-4-27(25(32)33)16-30(17-27)24(31)23(13-14-29(2)3)28-26(34)35-15-22-20-11-7-5-9-18(20)19-10-6-8-12-21(19)22/h5-12,22-23H,4,13-17H2,1-3H3,(H,28,34)(H,32,33). The highest BCUT2D eigenvalue weighted by Gasteiger charge is 2.51. The average Bonchev–Trinajstić information content (AvgIpc) is 3.13. The number of carboxylic acids is 1. The van der Waals surface area contributed by atoms with Crippen molar-refractivity contribution in [3.05, 3.63) is 59.7 Å². The fraction of sp³-hybridized carbons (Fsp3) is 0.444. The Bertz CT molecular complexity index is 1060. The van der Waals surface area contributed by atoms with E-state index in [-0.39, 0.29) is 31.5 Å². The molecule has 0 radical (unpaired) electrons. The highest BCUT2D eigenvalue weighted by Crippen LogP contribution is 2.44. The normalized spacial score (nSPS) is 16.7. The van der Waals surface area contributed by atoms with Crippen molar-refractivity contribution < 1.29 is 24.2 Å². The van der Waals surface area contributed by atoms with Gasteiger partial charge in [-0.15, -0.1) is 0 Å². The summed E-state index contributed by atoms with van der Waals surface area (Å²) < 4.78 is 5.63. The number of carboxylic acid groups (broad SMARTS) is 1. The summed E-state index contributed by atoms with van der Waals surface area (Å²) in [6, 6.07) is 15.4. The first-order valence-corrected chi connectivity index (χ1v) is 12.0. The molecule has 1 unspecified atom stereocenters. The SMILES string of the molecule is CCC1(C(=O)O)CN(C(=O)C(CCN(C)C)NC(=O)OCC2c3ccccc3-c3ccccc32)C1. The van der Waals surface area contributed by atoms with Gasteiger partial charge in [0.05, 0.1) is 0 Å². The molecule has 0 saturated carbocycles. The predicted octanol–water partition coefficient (Wildman–Crippen LogP) is 3.17. The van der Waals surface area contributed by atoms with Gasteiger partial charge in [-0.05, 0) is 55.7 Å². The maximum atomic E-state index is 13.1. The first kappa shape index (κ1) is 24.7. The van der Waals surface area contributed by atoms with Crippen LogP contribution in [0.3, 0.4) is 0 Å². The van der Waals surface area contributed by atoms with Gasteiger partial charge in [-0.25, -0.2) is 4.79 Å². The van der Waals surface area contributed by atoms with Crippen LogP contribution in [0.1, 0.15) is 36.8 Å². The van der Waals surface area contributed by atoms with E-state index >= 15 is 0 Å². The van der Waals surface area contributed by atoms with Crippen LogP contribution >= 0.6 is 0 Å². The fourth-order valence-electron chi connectivity index (χ4n) is 5.00. The summed E-state index contributed by atoms with van der Waals surface area (Å²) in [5.74, 6) is -1.23. The summed E-state index contributed by atoms with van der Waals surface area (Å²) in [6.07, 6.45) is 0.206. The highest BCUT2D eigenvalue weighted by atomic mass is 16.5. The lowest BCUT2D eigenvalue weighted by Gasteiger charge is -2.47. The molecule has 1 saturated heterocycles. The van der Waals surface area contributed by atoms with E-state index in [9.17, 15) is 19.5 Å². The molecule has 2 N–H and O–H groups in total. The highest BCUT2D eigenvalue weighted by molar-refractivity contribution is 5.89. The lowest BCUT2D eigenvalue weighted by molar-refractivity contribution is -0.167. The van der Waals surface area contributed by atoms with Gasteiger partial charge in [-0.2, -0.15) is 0 Å². The molecule has 186 valence electrons. The van der Waals surface area contributed by atoms with E-state index in [0.717, 1.165) is 22.3 Å². The van der Waals surface area contributed by atoms with Gasteiger partial charge in [-0.1, -0.05) is 55.5 Å². The molecule has 4 rings (SSSR count). The number of rotatable bonds is 9. The van der Waals surface area contributed by atoms with Gasteiger partial charge in [-0.3, -0.25) is 9.59 Å². The van der Waals surface area contributed by atoms with Crippen molar-refractivity contribution in [2.45, 2.75) is 31.7 Å². The second-order valence-corrected chi connectivity index (χ2v) is 9.75.